The predicted molar refractivity (Wildman–Crippen MR) is 66.9 cm³/mol. The summed E-state index contributed by atoms with van der Waals surface area (Å²) in [5.74, 6) is 0.997. The fourth-order valence-corrected chi connectivity index (χ4v) is 1.78. The Balaban J connectivity index is 2.58. The van der Waals surface area contributed by atoms with E-state index < -0.39 is 0 Å². The average molecular weight is 272 g/mol. The van der Waals surface area contributed by atoms with Crippen LogP contribution in [0.3, 0.4) is 0 Å². The Bertz CT molecular complexity index is 296. The number of halogens is 1. The fraction of sp³-hybridized carbons (Fsp3) is 0.500. The van der Waals surface area contributed by atoms with Gasteiger partial charge in [0.2, 0.25) is 0 Å². The van der Waals surface area contributed by atoms with E-state index in [1.54, 1.807) is 0 Å². The molecule has 0 bridgehead atoms. The molecule has 0 saturated heterocycles. The van der Waals surface area contributed by atoms with Crippen molar-refractivity contribution in [1.29, 1.82) is 0 Å². The van der Waals surface area contributed by atoms with Crippen LogP contribution >= 0.6 is 15.9 Å². The molecule has 1 aromatic heterocycles. The molecule has 1 rings (SSSR count). The van der Waals surface area contributed by atoms with Gasteiger partial charge in [-0.25, -0.2) is 0 Å². The average Bonchev–Trinajstić information content (AvgIpc) is 2.65. The molecule has 1 atom stereocenters. The molecule has 2 nitrogen and oxygen atoms in total. The molecule has 1 N–H and O–H groups in total. The first-order chi connectivity index (χ1) is 7.27. The van der Waals surface area contributed by atoms with Crippen molar-refractivity contribution in [3.63, 3.8) is 0 Å². The van der Waals surface area contributed by atoms with E-state index >= 15 is 0 Å². The summed E-state index contributed by atoms with van der Waals surface area (Å²) in [6.45, 7) is 6.92. The lowest BCUT2D eigenvalue weighted by molar-refractivity contribution is 0.388. The maximum atomic E-state index is 5.56. The van der Waals surface area contributed by atoms with Gasteiger partial charge in [0.05, 0.1) is 6.04 Å². The maximum Gasteiger partial charge on any atom is 0.169 e. The molecule has 0 aliphatic rings. The van der Waals surface area contributed by atoms with Crippen LogP contribution in [0.4, 0.5) is 0 Å². The Morgan fingerprint density at radius 1 is 1.60 bits per heavy atom. The summed E-state index contributed by atoms with van der Waals surface area (Å²) in [4.78, 5) is 0. The van der Waals surface area contributed by atoms with Gasteiger partial charge in [-0.05, 0) is 53.9 Å². The van der Waals surface area contributed by atoms with E-state index in [0.29, 0.717) is 6.04 Å². The number of hydrogen-bond donors (Lipinski definition) is 1. The first kappa shape index (κ1) is 12.5. The second kappa shape index (κ2) is 6.85. The predicted octanol–water partition coefficient (Wildman–Crippen LogP) is 4.05. The van der Waals surface area contributed by atoms with Crippen LogP contribution in [0.5, 0.6) is 0 Å². The molecule has 3 heteroatoms. The molecule has 1 heterocycles. The molecule has 0 aliphatic carbocycles. The van der Waals surface area contributed by atoms with Crippen molar-refractivity contribution < 1.29 is 4.42 Å². The minimum Gasteiger partial charge on any atom is -0.453 e. The van der Waals surface area contributed by atoms with Crippen LogP contribution in [0.15, 0.2) is 33.9 Å². The third-order valence-corrected chi connectivity index (χ3v) is 2.66. The van der Waals surface area contributed by atoms with E-state index in [0.717, 1.165) is 36.2 Å². The summed E-state index contributed by atoms with van der Waals surface area (Å²) in [6.07, 6.45) is 5.11. The molecule has 1 unspecified atom stereocenters. The quantitative estimate of drug-likeness (QED) is 0.757. The molecular formula is C12H18BrNO. The highest BCUT2D eigenvalue weighted by atomic mass is 79.9. The molecule has 0 saturated carbocycles. The van der Waals surface area contributed by atoms with Crippen LogP contribution < -0.4 is 5.32 Å². The number of furan rings is 1. The van der Waals surface area contributed by atoms with Crippen molar-refractivity contribution in [3.05, 3.63) is 35.2 Å². The molecule has 84 valence electrons. The minimum atomic E-state index is 0.300. The highest BCUT2D eigenvalue weighted by Crippen LogP contribution is 2.23. The molecule has 0 aromatic carbocycles. The zero-order valence-corrected chi connectivity index (χ0v) is 10.7. The third-order valence-electron chi connectivity index (χ3n) is 2.24. The Kier molecular flexibility index (Phi) is 5.73. The van der Waals surface area contributed by atoms with Gasteiger partial charge in [-0.15, -0.1) is 6.58 Å². The van der Waals surface area contributed by atoms with Crippen LogP contribution in [0.1, 0.15) is 38.0 Å². The highest BCUT2D eigenvalue weighted by Gasteiger charge is 2.13. The van der Waals surface area contributed by atoms with Gasteiger partial charge < -0.3 is 9.73 Å². The number of allylic oxidation sites excluding steroid dienone is 1. The smallest absolute Gasteiger partial charge is 0.169 e. The summed E-state index contributed by atoms with van der Waals surface area (Å²) in [5.41, 5.74) is 0. The van der Waals surface area contributed by atoms with Crippen LogP contribution in [0.2, 0.25) is 0 Å². The van der Waals surface area contributed by atoms with Crippen molar-refractivity contribution >= 4 is 15.9 Å². The van der Waals surface area contributed by atoms with Crippen LogP contribution in [-0.2, 0) is 0 Å². The van der Waals surface area contributed by atoms with Gasteiger partial charge in [0.25, 0.3) is 0 Å². The van der Waals surface area contributed by atoms with Crippen molar-refractivity contribution in [2.45, 2.75) is 32.2 Å². The molecule has 0 radical (unpaired) electrons. The molecule has 15 heavy (non-hydrogen) atoms. The second-order valence-corrected chi connectivity index (χ2v) is 4.30. The molecular weight excluding hydrogens is 254 g/mol. The lowest BCUT2D eigenvalue weighted by Gasteiger charge is -2.15. The zero-order chi connectivity index (χ0) is 11.1. The highest BCUT2D eigenvalue weighted by molar-refractivity contribution is 9.10. The number of rotatable bonds is 7. The van der Waals surface area contributed by atoms with Crippen molar-refractivity contribution in [2.75, 3.05) is 6.54 Å². The molecule has 0 fully saturated rings. The standard InChI is InChI=1S/C12H18BrNO/c1-3-5-6-10(14-9-4-2)11-7-8-12(13)15-11/h3,7-8,10,14H,1,4-6,9H2,2H3. The molecule has 0 aliphatic heterocycles. The van der Waals surface area contributed by atoms with Crippen LogP contribution in [0, 0.1) is 0 Å². The largest absolute Gasteiger partial charge is 0.453 e. The Labute approximate surface area is 99.9 Å². The van der Waals surface area contributed by atoms with Crippen molar-refractivity contribution in [3.8, 4) is 0 Å². The summed E-state index contributed by atoms with van der Waals surface area (Å²) in [5, 5.41) is 3.47. The normalized spacial score (nSPS) is 12.7. The number of nitrogens with one attached hydrogen (secondary N) is 1. The lowest BCUT2D eigenvalue weighted by Crippen LogP contribution is -2.21. The Morgan fingerprint density at radius 2 is 2.40 bits per heavy atom. The van der Waals surface area contributed by atoms with Gasteiger partial charge in [0, 0.05) is 0 Å². The van der Waals surface area contributed by atoms with Gasteiger partial charge in [-0.1, -0.05) is 13.0 Å². The zero-order valence-electron chi connectivity index (χ0n) is 9.13. The van der Waals surface area contributed by atoms with Crippen LogP contribution in [0.25, 0.3) is 0 Å². The van der Waals surface area contributed by atoms with E-state index in [4.69, 9.17) is 4.42 Å². The van der Waals surface area contributed by atoms with E-state index in [2.05, 4.69) is 34.7 Å². The van der Waals surface area contributed by atoms with Gasteiger partial charge in [0.15, 0.2) is 4.67 Å². The maximum absolute atomic E-state index is 5.56. The molecule has 1 aromatic rings. The third kappa shape index (κ3) is 4.22. The lowest BCUT2D eigenvalue weighted by atomic mass is 10.1. The van der Waals surface area contributed by atoms with Gasteiger partial charge in [-0.3, -0.25) is 0 Å². The Hall–Kier alpha value is -0.540. The Morgan fingerprint density at radius 3 is 2.93 bits per heavy atom. The van der Waals surface area contributed by atoms with E-state index in [1.807, 2.05) is 18.2 Å². The SMILES string of the molecule is C=CCCC(NCCC)c1ccc(Br)o1. The number of hydrogen-bond acceptors (Lipinski definition) is 2. The van der Waals surface area contributed by atoms with Gasteiger partial charge in [-0.2, -0.15) is 0 Å². The van der Waals surface area contributed by atoms with Crippen molar-refractivity contribution in [1.82, 2.24) is 5.32 Å². The van der Waals surface area contributed by atoms with E-state index in [9.17, 15) is 0 Å². The monoisotopic (exact) mass is 271 g/mol. The second-order valence-electron chi connectivity index (χ2n) is 3.51. The van der Waals surface area contributed by atoms with E-state index in [1.165, 1.54) is 0 Å². The topological polar surface area (TPSA) is 25.2 Å². The first-order valence-electron chi connectivity index (χ1n) is 5.37. The van der Waals surface area contributed by atoms with E-state index in [-0.39, 0.29) is 0 Å². The van der Waals surface area contributed by atoms with Gasteiger partial charge in [0.1, 0.15) is 5.76 Å². The summed E-state index contributed by atoms with van der Waals surface area (Å²) in [6, 6.07) is 4.25. The van der Waals surface area contributed by atoms with Gasteiger partial charge >= 0.3 is 0 Å². The fourth-order valence-electron chi connectivity index (χ4n) is 1.46. The van der Waals surface area contributed by atoms with Crippen LogP contribution in [-0.4, -0.2) is 6.54 Å². The minimum absolute atomic E-state index is 0.300. The molecule has 0 amide bonds. The van der Waals surface area contributed by atoms with Crippen molar-refractivity contribution in [2.24, 2.45) is 0 Å². The summed E-state index contributed by atoms with van der Waals surface area (Å²) < 4.78 is 6.35. The molecule has 0 spiro atoms. The summed E-state index contributed by atoms with van der Waals surface area (Å²) >= 11 is 3.32. The summed E-state index contributed by atoms with van der Waals surface area (Å²) in [7, 11) is 0. The first-order valence-corrected chi connectivity index (χ1v) is 6.16.